The monoisotopic (exact) mass is 478 g/mol. The maximum atomic E-state index is 13.8. The fourth-order valence-electron chi connectivity index (χ4n) is 2.82. The number of aryl methyl sites for hydroxylation is 1. The molecule has 0 aliphatic heterocycles. The molecule has 9 heteroatoms. The van der Waals surface area contributed by atoms with Crippen LogP contribution < -0.4 is 15.8 Å². The van der Waals surface area contributed by atoms with Gasteiger partial charge in [-0.05, 0) is 52.7 Å². The summed E-state index contributed by atoms with van der Waals surface area (Å²) in [4.78, 5) is 24.2. The highest BCUT2D eigenvalue weighted by Gasteiger charge is 2.14. The molecule has 0 aliphatic carbocycles. The van der Waals surface area contributed by atoms with Crippen molar-refractivity contribution in [3.8, 4) is 5.75 Å². The summed E-state index contributed by atoms with van der Waals surface area (Å²) in [5.74, 6) is -1.79. The molecule has 0 saturated heterocycles. The summed E-state index contributed by atoms with van der Waals surface area (Å²) >= 11 is 3.23. The number of benzene rings is 2. The Morgan fingerprint density at radius 2 is 1.87 bits per heavy atom. The fourth-order valence-corrected chi connectivity index (χ4v) is 3.26. The Balaban J connectivity index is 1.80. The molecule has 1 aromatic heterocycles. The van der Waals surface area contributed by atoms with Gasteiger partial charge in [-0.2, -0.15) is 0 Å². The number of hydroxylamine groups is 1. The molecule has 0 atom stereocenters. The van der Waals surface area contributed by atoms with Gasteiger partial charge in [0.25, 0.3) is 11.5 Å². The average molecular weight is 479 g/mol. The van der Waals surface area contributed by atoms with Crippen LogP contribution in [0, 0.1) is 18.6 Å². The van der Waals surface area contributed by atoms with Crippen molar-refractivity contribution in [2.24, 2.45) is 0 Å². The van der Waals surface area contributed by atoms with Crippen LogP contribution in [0.3, 0.4) is 0 Å². The zero-order valence-electron chi connectivity index (χ0n) is 15.8. The van der Waals surface area contributed by atoms with Crippen molar-refractivity contribution in [1.29, 1.82) is 0 Å². The SMILES string of the molecule is Cc1cc(OCc2ccc(F)cc2F)c(Br)c(=O)n1Cc1ccc(C(=O)NO)cc1. The molecule has 6 nitrogen and oxygen atoms in total. The third-order valence-corrected chi connectivity index (χ3v) is 5.20. The first-order chi connectivity index (χ1) is 14.3. The Kier molecular flexibility index (Phi) is 6.63. The number of carbonyl (C=O) groups excluding carboxylic acids is 1. The Morgan fingerprint density at radius 3 is 2.50 bits per heavy atom. The van der Waals surface area contributed by atoms with E-state index in [2.05, 4.69) is 15.9 Å². The molecule has 156 valence electrons. The molecule has 30 heavy (non-hydrogen) atoms. The van der Waals surface area contributed by atoms with Gasteiger partial charge in [-0.15, -0.1) is 0 Å². The summed E-state index contributed by atoms with van der Waals surface area (Å²) in [6, 6.07) is 11.2. The van der Waals surface area contributed by atoms with Crippen molar-refractivity contribution < 1.29 is 23.5 Å². The molecule has 1 heterocycles. The van der Waals surface area contributed by atoms with Gasteiger partial charge in [0.15, 0.2) is 0 Å². The van der Waals surface area contributed by atoms with Crippen molar-refractivity contribution in [3.05, 3.63) is 97.4 Å². The maximum Gasteiger partial charge on any atom is 0.274 e. The van der Waals surface area contributed by atoms with Crippen molar-refractivity contribution in [3.63, 3.8) is 0 Å². The minimum absolute atomic E-state index is 0.164. The summed E-state index contributed by atoms with van der Waals surface area (Å²) in [7, 11) is 0. The number of aromatic nitrogens is 1. The molecule has 3 rings (SSSR count). The highest BCUT2D eigenvalue weighted by molar-refractivity contribution is 9.10. The lowest BCUT2D eigenvalue weighted by atomic mass is 10.1. The van der Waals surface area contributed by atoms with Crippen LogP contribution in [0.4, 0.5) is 8.78 Å². The predicted molar refractivity (Wildman–Crippen MR) is 109 cm³/mol. The zero-order valence-corrected chi connectivity index (χ0v) is 17.4. The summed E-state index contributed by atoms with van der Waals surface area (Å²) < 4.78 is 34.1. The topological polar surface area (TPSA) is 80.6 Å². The minimum Gasteiger partial charge on any atom is -0.487 e. The van der Waals surface area contributed by atoms with Crippen molar-refractivity contribution in [2.75, 3.05) is 0 Å². The molecule has 2 N–H and O–H groups in total. The number of hydrogen-bond acceptors (Lipinski definition) is 4. The van der Waals surface area contributed by atoms with Crippen molar-refractivity contribution in [2.45, 2.75) is 20.1 Å². The Morgan fingerprint density at radius 1 is 1.17 bits per heavy atom. The number of rotatable bonds is 6. The van der Waals surface area contributed by atoms with E-state index in [1.807, 2.05) is 0 Å². The molecular formula is C21H17BrF2N2O4. The summed E-state index contributed by atoms with van der Waals surface area (Å²) in [5.41, 5.74) is 3.03. The second-order valence-electron chi connectivity index (χ2n) is 6.52. The quantitative estimate of drug-likeness (QED) is 0.415. The summed E-state index contributed by atoms with van der Waals surface area (Å²) in [6.07, 6.45) is 0. The lowest BCUT2D eigenvalue weighted by Crippen LogP contribution is -2.24. The van der Waals surface area contributed by atoms with Gasteiger partial charge in [0.1, 0.15) is 28.5 Å². The smallest absolute Gasteiger partial charge is 0.274 e. The molecule has 1 amide bonds. The zero-order chi connectivity index (χ0) is 21.8. The first-order valence-electron chi connectivity index (χ1n) is 8.80. The van der Waals surface area contributed by atoms with Crippen LogP contribution >= 0.6 is 15.9 Å². The lowest BCUT2D eigenvalue weighted by Gasteiger charge is -2.15. The van der Waals surface area contributed by atoms with Crippen LogP contribution in [-0.4, -0.2) is 15.7 Å². The molecular weight excluding hydrogens is 462 g/mol. The second kappa shape index (κ2) is 9.19. The Bertz CT molecular complexity index is 1150. The third-order valence-electron chi connectivity index (χ3n) is 4.47. The van der Waals surface area contributed by atoms with Gasteiger partial charge in [-0.3, -0.25) is 14.8 Å². The fraction of sp³-hybridized carbons (Fsp3) is 0.143. The second-order valence-corrected chi connectivity index (χ2v) is 7.31. The lowest BCUT2D eigenvalue weighted by molar-refractivity contribution is 0.0706. The summed E-state index contributed by atoms with van der Waals surface area (Å²) in [5, 5.41) is 8.67. The molecule has 0 fully saturated rings. The van der Waals surface area contributed by atoms with Crippen LogP contribution in [0.2, 0.25) is 0 Å². The third kappa shape index (κ3) is 4.74. The van der Waals surface area contributed by atoms with Crippen LogP contribution in [0.15, 0.2) is 57.8 Å². The number of nitrogens with one attached hydrogen (secondary N) is 1. The Hall–Kier alpha value is -3.04. The van der Waals surface area contributed by atoms with Crippen LogP contribution in [-0.2, 0) is 13.2 Å². The number of hydrogen-bond donors (Lipinski definition) is 2. The van der Waals surface area contributed by atoms with Gasteiger partial charge in [0.05, 0.1) is 6.54 Å². The average Bonchev–Trinajstić information content (AvgIpc) is 2.73. The number of ether oxygens (including phenoxy) is 1. The minimum atomic E-state index is -0.727. The number of amides is 1. The standard InChI is InChI=1S/C21H17BrF2N2O4/c1-12-8-18(30-11-15-6-7-16(23)9-17(15)24)19(22)21(28)26(12)10-13-2-4-14(5-3-13)20(27)25-29/h2-9,29H,10-11H2,1H3,(H,25,27). The molecule has 0 spiro atoms. The largest absolute Gasteiger partial charge is 0.487 e. The highest BCUT2D eigenvalue weighted by Crippen LogP contribution is 2.24. The van der Waals surface area contributed by atoms with E-state index in [1.165, 1.54) is 22.8 Å². The van der Waals surface area contributed by atoms with Gasteiger partial charge in [-0.25, -0.2) is 14.3 Å². The number of pyridine rings is 1. The molecule has 0 bridgehead atoms. The molecule has 0 radical (unpaired) electrons. The number of nitrogens with zero attached hydrogens (tertiary/aromatic N) is 1. The Labute approximate surface area is 178 Å². The van der Waals surface area contributed by atoms with Gasteiger partial charge in [-0.1, -0.05) is 12.1 Å². The molecule has 0 unspecified atom stereocenters. The number of halogens is 3. The van der Waals surface area contributed by atoms with Crippen molar-refractivity contribution >= 4 is 21.8 Å². The van der Waals surface area contributed by atoms with Gasteiger partial charge < -0.3 is 9.30 Å². The van der Waals surface area contributed by atoms with Gasteiger partial charge in [0.2, 0.25) is 0 Å². The first kappa shape index (κ1) is 21.7. The first-order valence-corrected chi connectivity index (χ1v) is 9.59. The van der Waals surface area contributed by atoms with E-state index in [-0.39, 0.29) is 40.1 Å². The number of carbonyl (C=O) groups is 1. The van der Waals surface area contributed by atoms with E-state index in [4.69, 9.17) is 9.94 Å². The van der Waals surface area contributed by atoms with E-state index in [0.29, 0.717) is 5.69 Å². The highest BCUT2D eigenvalue weighted by atomic mass is 79.9. The normalized spacial score (nSPS) is 10.7. The molecule has 0 saturated carbocycles. The molecule has 0 aliphatic rings. The van der Waals surface area contributed by atoms with Crippen LogP contribution in [0.5, 0.6) is 5.75 Å². The predicted octanol–water partition coefficient (Wildman–Crippen LogP) is 3.94. The maximum absolute atomic E-state index is 13.8. The van der Waals surface area contributed by atoms with Gasteiger partial charge >= 0.3 is 0 Å². The van der Waals surface area contributed by atoms with E-state index >= 15 is 0 Å². The van der Waals surface area contributed by atoms with Crippen molar-refractivity contribution in [1.82, 2.24) is 10.0 Å². The molecule has 2 aromatic carbocycles. The summed E-state index contributed by atoms with van der Waals surface area (Å²) in [6.45, 7) is 1.81. The molecule has 3 aromatic rings. The van der Waals surface area contributed by atoms with E-state index in [9.17, 15) is 18.4 Å². The van der Waals surface area contributed by atoms with Gasteiger partial charge in [0, 0.05) is 29.0 Å². The van der Waals surface area contributed by atoms with E-state index in [0.717, 1.165) is 17.7 Å². The van der Waals surface area contributed by atoms with Crippen LogP contribution in [0.25, 0.3) is 0 Å². The van der Waals surface area contributed by atoms with Crippen LogP contribution in [0.1, 0.15) is 27.2 Å². The van der Waals surface area contributed by atoms with E-state index in [1.54, 1.807) is 30.6 Å². The van der Waals surface area contributed by atoms with E-state index < -0.39 is 17.5 Å².